The van der Waals surface area contributed by atoms with Crippen molar-refractivity contribution < 1.29 is 9.32 Å². The van der Waals surface area contributed by atoms with E-state index < -0.39 is 0 Å². The van der Waals surface area contributed by atoms with Gasteiger partial charge in [0.2, 0.25) is 11.8 Å². The lowest BCUT2D eigenvalue weighted by Crippen LogP contribution is -2.42. The fourth-order valence-corrected chi connectivity index (χ4v) is 3.41. The van der Waals surface area contributed by atoms with E-state index >= 15 is 0 Å². The van der Waals surface area contributed by atoms with E-state index in [1.165, 1.54) is 11.1 Å². The van der Waals surface area contributed by atoms with Crippen LogP contribution in [0.5, 0.6) is 0 Å². The number of amides is 1. The molecule has 0 spiro atoms. The van der Waals surface area contributed by atoms with Crippen LogP contribution in [0.3, 0.4) is 0 Å². The highest BCUT2D eigenvalue weighted by Gasteiger charge is 2.23. The third-order valence-electron chi connectivity index (χ3n) is 4.75. The number of aryl methyl sites for hydroxylation is 2. The number of carbonyl (C=O) groups is 1. The van der Waals surface area contributed by atoms with Gasteiger partial charge in [-0.15, -0.1) is 0 Å². The molecule has 1 amide bonds. The predicted molar refractivity (Wildman–Crippen MR) is 94.9 cm³/mol. The first kappa shape index (κ1) is 17.6. The Morgan fingerprint density at radius 2 is 2.20 bits per heavy atom. The minimum atomic E-state index is 0.0827. The van der Waals surface area contributed by atoms with Gasteiger partial charge in [0.25, 0.3) is 0 Å². The lowest BCUT2D eigenvalue weighted by atomic mass is 9.94. The van der Waals surface area contributed by atoms with Gasteiger partial charge in [-0.3, -0.25) is 9.69 Å². The number of piperidine rings is 1. The maximum Gasteiger partial charge on any atom is 0.234 e. The summed E-state index contributed by atoms with van der Waals surface area (Å²) in [5.41, 5.74) is 2.37. The molecule has 1 aromatic carbocycles. The smallest absolute Gasteiger partial charge is 0.234 e. The molecular weight excluding hydrogens is 316 g/mol. The molecule has 2 aromatic rings. The first-order chi connectivity index (χ1) is 12.1. The Bertz CT molecular complexity index is 713. The van der Waals surface area contributed by atoms with Crippen molar-refractivity contribution in [3.05, 3.63) is 47.1 Å². The van der Waals surface area contributed by atoms with Crippen LogP contribution >= 0.6 is 0 Å². The standard InChI is InChI=1S/C19H26N4O2/c1-14-6-3-4-8-17(14)11-20-19(24)13-23-9-5-7-16(12-23)10-18-21-15(2)25-22-18/h3-4,6,8,16H,5,7,9-13H2,1-2H3,(H,20,24). The van der Waals surface area contributed by atoms with Crippen LogP contribution in [0.15, 0.2) is 28.8 Å². The Morgan fingerprint density at radius 1 is 1.36 bits per heavy atom. The summed E-state index contributed by atoms with van der Waals surface area (Å²) in [6, 6.07) is 8.14. The van der Waals surface area contributed by atoms with Crippen molar-refractivity contribution in [3.63, 3.8) is 0 Å². The Kier molecular flexibility index (Phi) is 5.81. The van der Waals surface area contributed by atoms with Crippen molar-refractivity contribution in [2.24, 2.45) is 5.92 Å². The van der Waals surface area contributed by atoms with Gasteiger partial charge in [0.1, 0.15) is 0 Å². The van der Waals surface area contributed by atoms with Gasteiger partial charge in [-0.2, -0.15) is 4.98 Å². The number of nitrogens with one attached hydrogen (secondary N) is 1. The number of nitrogens with zero attached hydrogens (tertiary/aromatic N) is 3. The second-order valence-electron chi connectivity index (χ2n) is 6.88. The van der Waals surface area contributed by atoms with Gasteiger partial charge in [0.05, 0.1) is 6.54 Å². The second kappa shape index (κ2) is 8.25. The molecule has 1 fully saturated rings. The predicted octanol–water partition coefficient (Wildman–Crippen LogP) is 2.26. The van der Waals surface area contributed by atoms with Crippen molar-refractivity contribution in [3.8, 4) is 0 Å². The Labute approximate surface area is 148 Å². The summed E-state index contributed by atoms with van der Waals surface area (Å²) in [5, 5.41) is 7.02. The Hall–Kier alpha value is -2.21. The number of hydrogen-bond acceptors (Lipinski definition) is 5. The molecule has 1 atom stereocenters. The molecule has 1 unspecified atom stereocenters. The maximum absolute atomic E-state index is 12.3. The summed E-state index contributed by atoms with van der Waals surface area (Å²) in [6.45, 7) is 6.79. The third-order valence-corrected chi connectivity index (χ3v) is 4.75. The van der Waals surface area contributed by atoms with Crippen molar-refractivity contribution in [1.29, 1.82) is 0 Å². The molecule has 0 bridgehead atoms. The number of carbonyl (C=O) groups excluding carboxylic acids is 1. The monoisotopic (exact) mass is 342 g/mol. The van der Waals surface area contributed by atoms with Gasteiger partial charge in [-0.05, 0) is 43.4 Å². The molecule has 2 heterocycles. The van der Waals surface area contributed by atoms with Crippen LogP contribution < -0.4 is 5.32 Å². The van der Waals surface area contributed by atoms with Crippen LogP contribution in [0, 0.1) is 19.8 Å². The Morgan fingerprint density at radius 3 is 2.96 bits per heavy atom. The number of likely N-dealkylation sites (tertiary alicyclic amines) is 1. The Balaban J connectivity index is 1.45. The molecule has 6 nitrogen and oxygen atoms in total. The molecule has 1 saturated heterocycles. The highest BCUT2D eigenvalue weighted by atomic mass is 16.5. The quantitative estimate of drug-likeness (QED) is 0.872. The van der Waals surface area contributed by atoms with E-state index in [0.29, 0.717) is 24.9 Å². The van der Waals surface area contributed by atoms with Gasteiger partial charge in [-0.25, -0.2) is 0 Å². The number of benzene rings is 1. The summed E-state index contributed by atoms with van der Waals surface area (Å²) in [7, 11) is 0. The van der Waals surface area contributed by atoms with Crippen LogP contribution in [-0.2, 0) is 17.8 Å². The van der Waals surface area contributed by atoms with Crippen molar-refractivity contribution in [1.82, 2.24) is 20.4 Å². The molecule has 0 aliphatic carbocycles. The molecule has 1 aliphatic rings. The maximum atomic E-state index is 12.3. The SMILES string of the molecule is Cc1nc(CC2CCCN(CC(=O)NCc3ccccc3C)C2)no1. The summed E-state index contributed by atoms with van der Waals surface area (Å²) in [6.07, 6.45) is 3.07. The zero-order valence-corrected chi connectivity index (χ0v) is 15.0. The van der Waals surface area contributed by atoms with E-state index in [-0.39, 0.29) is 5.91 Å². The molecule has 0 saturated carbocycles. The van der Waals surface area contributed by atoms with Crippen molar-refractivity contribution in [2.45, 2.75) is 39.7 Å². The minimum absolute atomic E-state index is 0.0827. The summed E-state index contributed by atoms with van der Waals surface area (Å²) in [4.78, 5) is 18.8. The van der Waals surface area contributed by atoms with E-state index in [9.17, 15) is 4.79 Å². The average Bonchev–Trinajstić information content (AvgIpc) is 2.99. The highest BCUT2D eigenvalue weighted by molar-refractivity contribution is 5.78. The van der Waals surface area contributed by atoms with Crippen LogP contribution in [0.2, 0.25) is 0 Å². The normalized spacial score (nSPS) is 18.2. The van der Waals surface area contributed by atoms with Gasteiger partial charge >= 0.3 is 0 Å². The topological polar surface area (TPSA) is 71.3 Å². The second-order valence-corrected chi connectivity index (χ2v) is 6.88. The van der Waals surface area contributed by atoms with Crippen molar-refractivity contribution >= 4 is 5.91 Å². The first-order valence-corrected chi connectivity index (χ1v) is 8.93. The van der Waals surface area contributed by atoms with E-state index in [0.717, 1.165) is 38.2 Å². The summed E-state index contributed by atoms with van der Waals surface area (Å²) >= 11 is 0. The molecular formula is C19H26N4O2. The highest BCUT2D eigenvalue weighted by Crippen LogP contribution is 2.19. The fraction of sp³-hybridized carbons (Fsp3) is 0.526. The zero-order valence-electron chi connectivity index (χ0n) is 15.0. The largest absolute Gasteiger partial charge is 0.351 e. The van der Waals surface area contributed by atoms with Crippen LogP contribution in [0.1, 0.15) is 35.7 Å². The lowest BCUT2D eigenvalue weighted by Gasteiger charge is -2.31. The molecule has 0 radical (unpaired) electrons. The first-order valence-electron chi connectivity index (χ1n) is 8.93. The van der Waals surface area contributed by atoms with E-state index in [1.807, 2.05) is 19.1 Å². The van der Waals surface area contributed by atoms with Gasteiger partial charge in [0.15, 0.2) is 5.82 Å². The van der Waals surface area contributed by atoms with Gasteiger partial charge in [0, 0.05) is 26.4 Å². The van der Waals surface area contributed by atoms with Gasteiger partial charge in [-0.1, -0.05) is 29.4 Å². The van der Waals surface area contributed by atoms with E-state index in [2.05, 4.69) is 39.4 Å². The molecule has 6 heteroatoms. The van der Waals surface area contributed by atoms with E-state index in [1.54, 1.807) is 0 Å². The summed E-state index contributed by atoms with van der Waals surface area (Å²) in [5.74, 6) is 1.95. The third kappa shape index (κ3) is 5.13. The average molecular weight is 342 g/mol. The minimum Gasteiger partial charge on any atom is -0.351 e. The number of rotatable bonds is 6. The fourth-order valence-electron chi connectivity index (χ4n) is 3.41. The molecule has 1 aromatic heterocycles. The van der Waals surface area contributed by atoms with E-state index in [4.69, 9.17) is 4.52 Å². The van der Waals surface area contributed by atoms with Crippen LogP contribution in [0.4, 0.5) is 0 Å². The molecule has 1 N–H and O–H groups in total. The van der Waals surface area contributed by atoms with Crippen LogP contribution in [0.25, 0.3) is 0 Å². The molecule has 25 heavy (non-hydrogen) atoms. The number of hydrogen-bond donors (Lipinski definition) is 1. The van der Waals surface area contributed by atoms with Crippen LogP contribution in [-0.4, -0.2) is 40.6 Å². The molecule has 3 rings (SSSR count). The number of aromatic nitrogens is 2. The lowest BCUT2D eigenvalue weighted by molar-refractivity contribution is -0.122. The molecule has 134 valence electrons. The summed E-state index contributed by atoms with van der Waals surface area (Å²) < 4.78 is 5.04. The van der Waals surface area contributed by atoms with Gasteiger partial charge < -0.3 is 9.84 Å². The molecule has 1 aliphatic heterocycles. The zero-order chi connectivity index (χ0) is 17.6. The van der Waals surface area contributed by atoms with Crippen molar-refractivity contribution in [2.75, 3.05) is 19.6 Å².